The fraction of sp³-hybridized carbons (Fsp3) is 0.385. The second-order valence-electron chi connectivity index (χ2n) is 11.5. The van der Waals surface area contributed by atoms with Gasteiger partial charge in [0.2, 0.25) is 0 Å². The normalized spacial score (nSPS) is 39.6. The molecular formula is C26H23B2F2N5O. The lowest BCUT2D eigenvalue weighted by molar-refractivity contribution is 0.00472. The average Bonchev–Trinajstić information content (AvgIpc) is 3.12. The quantitative estimate of drug-likeness (QED) is 0.447. The van der Waals surface area contributed by atoms with Gasteiger partial charge in [0.1, 0.15) is 33.0 Å². The molecule has 1 aromatic rings. The number of fused-ring (bicyclic) bond motifs is 4. The van der Waals surface area contributed by atoms with Gasteiger partial charge in [-0.05, 0) is 42.0 Å². The molecule has 1 saturated heterocycles. The molecule has 0 radical (unpaired) electrons. The van der Waals surface area contributed by atoms with Crippen LogP contribution < -0.4 is 5.73 Å². The van der Waals surface area contributed by atoms with Crippen LogP contribution in [0.2, 0.25) is 0 Å². The number of hydrogen-bond donors (Lipinski definition) is 2. The molecule has 1 aromatic carbocycles. The first-order chi connectivity index (χ1) is 17.2. The van der Waals surface area contributed by atoms with E-state index in [0.717, 1.165) is 17.7 Å². The Bertz CT molecular complexity index is 1530. The van der Waals surface area contributed by atoms with Gasteiger partial charge in [0.25, 0.3) is 0 Å². The summed E-state index contributed by atoms with van der Waals surface area (Å²) in [7, 11) is 4.14. The number of rotatable bonds is 1. The highest BCUT2D eigenvalue weighted by molar-refractivity contribution is 6.39. The maximum atomic E-state index is 16.1. The Kier molecular flexibility index (Phi) is 3.56. The molecule has 3 N–H and O–H groups in total. The van der Waals surface area contributed by atoms with Gasteiger partial charge in [-0.15, -0.1) is 0 Å². The van der Waals surface area contributed by atoms with E-state index in [2.05, 4.69) is 39.0 Å². The molecule has 0 aromatic heterocycles. The zero-order valence-corrected chi connectivity index (χ0v) is 20.1. The number of ether oxygens (including phenoxy) is 1. The Morgan fingerprint density at radius 1 is 1.31 bits per heavy atom. The minimum atomic E-state index is -0.795. The minimum absolute atomic E-state index is 0.0401. The molecule has 5 atom stereocenters. The van der Waals surface area contributed by atoms with Gasteiger partial charge < -0.3 is 15.4 Å². The van der Waals surface area contributed by atoms with Crippen molar-refractivity contribution in [3.05, 3.63) is 69.6 Å². The van der Waals surface area contributed by atoms with E-state index in [1.807, 2.05) is 6.08 Å². The third-order valence-corrected chi connectivity index (χ3v) is 9.56. The van der Waals surface area contributed by atoms with E-state index in [0.29, 0.717) is 47.7 Å². The van der Waals surface area contributed by atoms with Gasteiger partial charge >= 0.3 is 0 Å². The number of nitrogens with two attached hydrogens (primary N) is 1. The Hall–Kier alpha value is -3.31. The largest absolute Gasteiger partial charge is 0.401 e. The number of hydrogen-bond acceptors (Lipinski definition) is 5. The molecule has 10 heteroatoms. The summed E-state index contributed by atoms with van der Waals surface area (Å²) in [5.41, 5.74) is 10.4. The second-order valence-corrected chi connectivity index (χ2v) is 11.5. The molecule has 4 heterocycles. The summed E-state index contributed by atoms with van der Waals surface area (Å²) >= 11 is 0. The number of hydrazone groups is 1. The molecule has 0 amide bonds. The van der Waals surface area contributed by atoms with Crippen molar-refractivity contribution in [1.29, 1.82) is 5.41 Å². The molecule has 1 saturated carbocycles. The summed E-state index contributed by atoms with van der Waals surface area (Å²) in [4.78, 5) is 2.30. The van der Waals surface area contributed by atoms with Crippen LogP contribution >= 0.6 is 0 Å². The summed E-state index contributed by atoms with van der Waals surface area (Å²) < 4.78 is 38.0. The second kappa shape index (κ2) is 6.15. The van der Waals surface area contributed by atoms with Gasteiger partial charge in [-0.1, -0.05) is 12.5 Å². The van der Waals surface area contributed by atoms with Gasteiger partial charge in [0.15, 0.2) is 5.84 Å². The van der Waals surface area contributed by atoms with Crippen LogP contribution in [0, 0.1) is 40.7 Å². The monoisotopic (exact) mass is 481 g/mol. The molecular weight excluding hydrogens is 458 g/mol. The van der Waals surface area contributed by atoms with E-state index >= 15 is 8.78 Å². The molecule has 7 aliphatic rings. The SMILES string of the molecule is BC1(B)OC[C@H]2C[C@H]3CN2/C(C=C)=C2\C1C1CC24c2cc(F)c(c(F)c24)C#CC2=NN3C(=N)/C2=C\1N. The first-order valence-electron chi connectivity index (χ1n) is 12.5. The molecule has 4 aliphatic heterocycles. The van der Waals surface area contributed by atoms with Crippen molar-refractivity contribution >= 4 is 27.2 Å². The van der Waals surface area contributed by atoms with Crippen molar-refractivity contribution in [2.45, 2.75) is 35.7 Å². The average molecular weight is 481 g/mol. The Labute approximate surface area is 209 Å². The van der Waals surface area contributed by atoms with Gasteiger partial charge in [-0.25, -0.2) is 13.8 Å². The number of amidine groups is 1. The zero-order chi connectivity index (χ0) is 24.9. The standard InChI is InChI=1S/C26H23B2F2N5O/c1-2-17-21-19-13-7-25(21)14-6-15(29)12(22(30)20(14)25)3-4-16-18(23(13)31)24(32)35(33-16)10-5-11(34(17)8-10)9-36-26(19,27)28/h2,6,10-11,13,19,32H,1,5,7-9,27-28,31H2/b21-17+,23-18+,32-24?/t10-,11+,13?,19?,25?/m0/s1. The van der Waals surface area contributed by atoms with Gasteiger partial charge in [0.05, 0.1) is 29.8 Å². The molecule has 36 heavy (non-hydrogen) atoms. The van der Waals surface area contributed by atoms with Crippen LogP contribution in [-0.4, -0.2) is 67.8 Å². The van der Waals surface area contributed by atoms with E-state index in [1.165, 1.54) is 6.07 Å². The van der Waals surface area contributed by atoms with E-state index in [4.69, 9.17) is 21.0 Å². The van der Waals surface area contributed by atoms with Crippen molar-refractivity contribution in [3.8, 4) is 11.8 Å². The molecule has 6 nitrogen and oxygen atoms in total. The van der Waals surface area contributed by atoms with Crippen LogP contribution in [0.15, 0.2) is 46.4 Å². The van der Waals surface area contributed by atoms with Crippen molar-refractivity contribution in [1.82, 2.24) is 9.91 Å². The van der Waals surface area contributed by atoms with E-state index in [-0.39, 0.29) is 35.3 Å². The number of halogens is 2. The van der Waals surface area contributed by atoms with E-state index < -0.39 is 22.4 Å². The predicted molar refractivity (Wildman–Crippen MR) is 136 cm³/mol. The number of benzene rings is 1. The smallest absolute Gasteiger partial charge is 0.153 e. The summed E-state index contributed by atoms with van der Waals surface area (Å²) in [6.07, 6.45) is 3.09. The van der Waals surface area contributed by atoms with Gasteiger partial charge in [-0.3, -0.25) is 5.41 Å². The Balaban J connectivity index is 1.59. The first kappa shape index (κ1) is 20.8. The van der Waals surface area contributed by atoms with E-state index in [1.54, 1.807) is 5.01 Å². The van der Waals surface area contributed by atoms with Crippen LogP contribution in [0.5, 0.6) is 0 Å². The summed E-state index contributed by atoms with van der Waals surface area (Å²) in [5, 5.41) is 14.9. The van der Waals surface area contributed by atoms with Crippen LogP contribution in [-0.2, 0) is 10.2 Å². The molecule has 1 spiro atoms. The predicted octanol–water partition coefficient (Wildman–Crippen LogP) is 0.274. The lowest BCUT2D eigenvalue weighted by atomic mass is 9.53. The van der Waals surface area contributed by atoms with Gasteiger partial charge in [-0.2, -0.15) is 5.10 Å². The zero-order valence-electron chi connectivity index (χ0n) is 20.1. The van der Waals surface area contributed by atoms with Crippen LogP contribution in [0.25, 0.3) is 0 Å². The van der Waals surface area contributed by atoms with Crippen LogP contribution in [0.4, 0.5) is 8.78 Å². The molecule has 3 aliphatic carbocycles. The molecule has 8 rings (SSSR count). The van der Waals surface area contributed by atoms with Crippen molar-refractivity contribution in [2.24, 2.45) is 22.7 Å². The number of nitrogens with one attached hydrogen (secondary N) is 1. The first-order valence-corrected chi connectivity index (χ1v) is 12.5. The maximum absolute atomic E-state index is 16.1. The van der Waals surface area contributed by atoms with Crippen LogP contribution in [0.3, 0.4) is 0 Å². The lowest BCUT2D eigenvalue weighted by Crippen LogP contribution is -2.51. The number of nitrogens with zero attached hydrogens (tertiary/aromatic N) is 3. The summed E-state index contributed by atoms with van der Waals surface area (Å²) in [6.45, 7) is 5.33. The Morgan fingerprint density at radius 2 is 2.11 bits per heavy atom. The molecule has 178 valence electrons. The summed E-state index contributed by atoms with van der Waals surface area (Å²) in [6, 6.07) is 1.41. The highest BCUT2D eigenvalue weighted by atomic mass is 19.1. The maximum Gasteiger partial charge on any atom is 0.153 e. The van der Waals surface area contributed by atoms with Crippen molar-refractivity contribution < 1.29 is 13.5 Å². The third-order valence-electron chi connectivity index (χ3n) is 9.56. The van der Waals surface area contributed by atoms with E-state index in [9.17, 15) is 0 Å². The highest BCUT2D eigenvalue weighted by Crippen LogP contribution is 2.70. The lowest BCUT2D eigenvalue weighted by Gasteiger charge is -2.44. The highest BCUT2D eigenvalue weighted by Gasteiger charge is 2.68. The van der Waals surface area contributed by atoms with Gasteiger partial charge in [0, 0.05) is 46.2 Å². The molecule has 2 fully saturated rings. The van der Waals surface area contributed by atoms with Crippen molar-refractivity contribution in [3.63, 3.8) is 0 Å². The molecule has 3 unspecified atom stereocenters. The molecule has 10 bridgehead atoms. The topological polar surface area (TPSA) is 77.9 Å². The Morgan fingerprint density at radius 3 is 2.89 bits per heavy atom. The number of allylic oxidation sites excluding steroid dienone is 2. The minimum Gasteiger partial charge on any atom is -0.401 e. The third kappa shape index (κ3) is 2.13. The van der Waals surface area contributed by atoms with Crippen molar-refractivity contribution in [2.75, 3.05) is 13.2 Å². The fourth-order valence-electron chi connectivity index (χ4n) is 8.07. The van der Waals surface area contributed by atoms with Crippen LogP contribution in [0.1, 0.15) is 29.5 Å². The fourth-order valence-corrected chi connectivity index (χ4v) is 8.07. The summed E-state index contributed by atoms with van der Waals surface area (Å²) in [5.74, 6) is 4.05.